The van der Waals surface area contributed by atoms with Crippen LogP contribution in [0.25, 0.3) is 0 Å². The third-order valence-corrected chi connectivity index (χ3v) is 2.99. The van der Waals surface area contributed by atoms with E-state index in [1.165, 1.54) is 0 Å². The molecule has 0 atom stereocenters. The van der Waals surface area contributed by atoms with Crippen LogP contribution in [0.1, 0.15) is 21.7 Å². The number of anilines is 1. The fourth-order valence-corrected chi connectivity index (χ4v) is 2.08. The smallest absolute Gasteiger partial charge is 0.339 e. The maximum Gasteiger partial charge on any atom is 0.339 e. The van der Waals surface area contributed by atoms with Gasteiger partial charge in [-0.2, -0.15) is 0 Å². The van der Waals surface area contributed by atoms with Gasteiger partial charge in [-0.05, 0) is 19.9 Å². The van der Waals surface area contributed by atoms with E-state index in [9.17, 15) is 9.90 Å². The lowest BCUT2D eigenvalue weighted by Crippen LogP contribution is -2.32. The summed E-state index contributed by atoms with van der Waals surface area (Å²) in [7, 11) is 3.24. The number of methoxy groups -OCH3 is 2. The van der Waals surface area contributed by atoms with Gasteiger partial charge in [0.2, 0.25) is 0 Å². The van der Waals surface area contributed by atoms with Gasteiger partial charge in [0, 0.05) is 33.0 Å². The van der Waals surface area contributed by atoms with Crippen molar-refractivity contribution in [2.75, 3.05) is 45.4 Å². The van der Waals surface area contributed by atoms with Crippen LogP contribution in [0, 0.1) is 13.8 Å². The number of pyridine rings is 1. The van der Waals surface area contributed by atoms with Gasteiger partial charge in [0.1, 0.15) is 5.56 Å². The number of rotatable bonds is 8. The highest BCUT2D eigenvalue weighted by Crippen LogP contribution is 2.24. The molecular weight excluding hydrogens is 260 g/mol. The van der Waals surface area contributed by atoms with Gasteiger partial charge >= 0.3 is 5.97 Å². The predicted octanol–water partition coefficient (Wildman–Crippen LogP) is 1.50. The number of aryl methyl sites for hydroxylation is 2. The van der Waals surface area contributed by atoms with E-state index in [2.05, 4.69) is 4.98 Å². The van der Waals surface area contributed by atoms with Crippen LogP contribution in [-0.2, 0) is 9.47 Å². The molecule has 20 heavy (non-hydrogen) atoms. The topological polar surface area (TPSA) is 71.9 Å². The number of carboxylic acids is 1. The summed E-state index contributed by atoms with van der Waals surface area (Å²) in [6.07, 6.45) is 0. The van der Waals surface area contributed by atoms with Gasteiger partial charge in [-0.3, -0.25) is 4.98 Å². The second-order valence-electron chi connectivity index (χ2n) is 4.52. The molecule has 0 radical (unpaired) electrons. The molecule has 0 fully saturated rings. The molecule has 1 N–H and O–H groups in total. The zero-order valence-corrected chi connectivity index (χ0v) is 12.5. The largest absolute Gasteiger partial charge is 0.478 e. The molecule has 0 aliphatic carbocycles. The molecule has 1 heterocycles. The Kier molecular flexibility index (Phi) is 6.41. The molecule has 0 saturated heterocycles. The molecule has 0 amide bonds. The molecule has 0 aliphatic rings. The first-order valence-corrected chi connectivity index (χ1v) is 6.45. The van der Waals surface area contributed by atoms with Crippen LogP contribution in [0.4, 0.5) is 5.69 Å². The van der Waals surface area contributed by atoms with Gasteiger partial charge in [-0.25, -0.2) is 4.79 Å². The molecule has 0 aromatic carbocycles. The highest BCUT2D eigenvalue weighted by atomic mass is 16.5. The van der Waals surface area contributed by atoms with E-state index in [4.69, 9.17) is 9.47 Å². The summed E-state index contributed by atoms with van der Waals surface area (Å²) >= 11 is 0. The third kappa shape index (κ3) is 4.18. The van der Waals surface area contributed by atoms with Crippen LogP contribution in [0.2, 0.25) is 0 Å². The van der Waals surface area contributed by atoms with Gasteiger partial charge in [0.25, 0.3) is 0 Å². The number of hydrogen-bond acceptors (Lipinski definition) is 5. The minimum Gasteiger partial charge on any atom is -0.478 e. The number of carbonyl (C=O) groups is 1. The van der Waals surface area contributed by atoms with Crippen molar-refractivity contribution < 1.29 is 19.4 Å². The van der Waals surface area contributed by atoms with Crippen LogP contribution >= 0.6 is 0 Å². The van der Waals surface area contributed by atoms with Crippen molar-refractivity contribution in [3.8, 4) is 0 Å². The Morgan fingerprint density at radius 3 is 2.25 bits per heavy atom. The Morgan fingerprint density at radius 1 is 1.25 bits per heavy atom. The lowest BCUT2D eigenvalue weighted by Gasteiger charge is -2.26. The summed E-state index contributed by atoms with van der Waals surface area (Å²) in [4.78, 5) is 17.7. The van der Waals surface area contributed by atoms with Crippen LogP contribution in [-0.4, -0.2) is 56.6 Å². The first-order chi connectivity index (χ1) is 9.51. The minimum absolute atomic E-state index is 0.239. The maximum absolute atomic E-state index is 11.5. The van der Waals surface area contributed by atoms with Crippen LogP contribution in [0.15, 0.2) is 6.07 Å². The standard InChI is InChI=1S/C14H22N2O4/c1-10-9-12(13(14(17)18)11(2)15-10)16(5-7-19-3)6-8-20-4/h9H,5-8H2,1-4H3,(H,17,18). The molecule has 0 aliphatic heterocycles. The SMILES string of the molecule is COCCN(CCOC)c1cc(C)nc(C)c1C(=O)O. The summed E-state index contributed by atoms with van der Waals surface area (Å²) in [5.74, 6) is -0.968. The highest BCUT2D eigenvalue weighted by Gasteiger charge is 2.20. The molecule has 1 rings (SSSR count). The number of aromatic nitrogens is 1. The van der Waals surface area contributed by atoms with Crippen molar-refractivity contribution in [1.82, 2.24) is 4.98 Å². The van der Waals surface area contributed by atoms with Gasteiger partial charge in [-0.1, -0.05) is 0 Å². The summed E-state index contributed by atoms with van der Waals surface area (Å²) in [6, 6.07) is 1.79. The van der Waals surface area contributed by atoms with E-state index in [0.717, 1.165) is 5.69 Å². The average molecular weight is 282 g/mol. The Labute approximate surface area is 119 Å². The quantitative estimate of drug-likeness (QED) is 0.779. The van der Waals surface area contributed by atoms with E-state index in [-0.39, 0.29) is 5.56 Å². The normalized spacial score (nSPS) is 10.6. The Morgan fingerprint density at radius 2 is 1.80 bits per heavy atom. The summed E-state index contributed by atoms with van der Waals surface area (Å²) in [5.41, 5.74) is 2.22. The first kappa shape index (κ1) is 16.4. The summed E-state index contributed by atoms with van der Waals surface area (Å²) in [5, 5.41) is 9.41. The average Bonchev–Trinajstić information content (AvgIpc) is 2.37. The van der Waals surface area contributed by atoms with Gasteiger partial charge in [0.05, 0.1) is 24.6 Å². The molecule has 0 spiro atoms. The molecule has 6 nitrogen and oxygen atoms in total. The van der Waals surface area contributed by atoms with Crippen molar-refractivity contribution in [3.63, 3.8) is 0 Å². The minimum atomic E-state index is -0.968. The molecule has 6 heteroatoms. The first-order valence-electron chi connectivity index (χ1n) is 6.45. The fraction of sp³-hybridized carbons (Fsp3) is 0.571. The zero-order chi connectivity index (χ0) is 15.1. The molecule has 112 valence electrons. The number of aromatic carboxylic acids is 1. The lowest BCUT2D eigenvalue weighted by atomic mass is 10.1. The van der Waals surface area contributed by atoms with Gasteiger partial charge in [-0.15, -0.1) is 0 Å². The molecule has 0 unspecified atom stereocenters. The predicted molar refractivity (Wildman–Crippen MR) is 76.6 cm³/mol. The maximum atomic E-state index is 11.5. The number of hydrogen-bond donors (Lipinski definition) is 1. The fourth-order valence-electron chi connectivity index (χ4n) is 2.08. The Hall–Kier alpha value is -1.66. The van der Waals surface area contributed by atoms with Crippen molar-refractivity contribution >= 4 is 11.7 Å². The van der Waals surface area contributed by atoms with E-state index in [1.54, 1.807) is 27.2 Å². The Balaban J connectivity index is 3.18. The Bertz CT molecular complexity index is 455. The van der Waals surface area contributed by atoms with E-state index < -0.39 is 5.97 Å². The van der Waals surface area contributed by atoms with E-state index >= 15 is 0 Å². The monoisotopic (exact) mass is 282 g/mol. The highest BCUT2D eigenvalue weighted by molar-refractivity contribution is 5.95. The van der Waals surface area contributed by atoms with E-state index in [1.807, 2.05) is 11.8 Å². The van der Waals surface area contributed by atoms with Crippen LogP contribution < -0.4 is 4.90 Å². The van der Waals surface area contributed by atoms with Crippen LogP contribution in [0.5, 0.6) is 0 Å². The third-order valence-electron chi connectivity index (χ3n) is 2.99. The molecule has 0 bridgehead atoms. The molecule has 1 aromatic rings. The molecule has 1 aromatic heterocycles. The zero-order valence-electron chi connectivity index (χ0n) is 12.5. The second kappa shape index (κ2) is 7.81. The number of nitrogens with zero attached hydrogens (tertiary/aromatic N) is 2. The second-order valence-corrected chi connectivity index (χ2v) is 4.52. The van der Waals surface area contributed by atoms with Crippen molar-refractivity contribution in [2.24, 2.45) is 0 Å². The lowest BCUT2D eigenvalue weighted by molar-refractivity contribution is 0.0696. The number of ether oxygens (including phenoxy) is 2. The van der Waals surface area contributed by atoms with Crippen molar-refractivity contribution in [3.05, 3.63) is 23.0 Å². The number of carboxylic acid groups (broad SMARTS) is 1. The summed E-state index contributed by atoms with van der Waals surface area (Å²) < 4.78 is 10.2. The van der Waals surface area contributed by atoms with Crippen LogP contribution in [0.3, 0.4) is 0 Å². The molecule has 0 saturated carbocycles. The van der Waals surface area contributed by atoms with E-state index in [0.29, 0.717) is 37.7 Å². The van der Waals surface area contributed by atoms with Crippen molar-refractivity contribution in [2.45, 2.75) is 13.8 Å². The van der Waals surface area contributed by atoms with Crippen molar-refractivity contribution in [1.29, 1.82) is 0 Å². The molecular formula is C14H22N2O4. The van der Waals surface area contributed by atoms with Gasteiger partial charge in [0.15, 0.2) is 0 Å². The van der Waals surface area contributed by atoms with Gasteiger partial charge < -0.3 is 19.5 Å². The summed E-state index contributed by atoms with van der Waals surface area (Å²) in [6.45, 7) is 5.80.